The van der Waals surface area contributed by atoms with Gasteiger partial charge in [0.1, 0.15) is 28.1 Å². The van der Waals surface area contributed by atoms with Gasteiger partial charge in [-0.3, -0.25) is 4.79 Å². The van der Waals surface area contributed by atoms with Crippen molar-refractivity contribution < 1.29 is 22.7 Å². The number of hydrogen-bond acceptors (Lipinski definition) is 8. The van der Waals surface area contributed by atoms with Crippen molar-refractivity contribution in [2.45, 2.75) is 31.5 Å². The molecule has 1 amide bonds. The summed E-state index contributed by atoms with van der Waals surface area (Å²) < 4.78 is 44.0. The second kappa shape index (κ2) is 9.17. The van der Waals surface area contributed by atoms with Crippen LogP contribution < -0.4 is 15.0 Å². The first kappa shape index (κ1) is 23.1. The molecule has 13 heteroatoms. The van der Waals surface area contributed by atoms with Crippen LogP contribution in [0.25, 0.3) is 11.0 Å². The number of ether oxygens (including phenoxy) is 1. The lowest BCUT2D eigenvalue weighted by atomic mass is 9.91. The number of benzene rings is 1. The molecule has 3 aliphatic rings. The van der Waals surface area contributed by atoms with Crippen LogP contribution in [-0.4, -0.2) is 62.5 Å². The average molecular weight is 506 g/mol. The van der Waals surface area contributed by atoms with Crippen molar-refractivity contribution in [1.29, 1.82) is 0 Å². The van der Waals surface area contributed by atoms with Crippen molar-refractivity contribution in [3.8, 4) is 5.75 Å². The Balaban J connectivity index is 1.45. The second-order valence-electron chi connectivity index (χ2n) is 8.10. The summed E-state index contributed by atoms with van der Waals surface area (Å²) >= 11 is 5.86. The van der Waals surface area contributed by atoms with Crippen LogP contribution in [0.5, 0.6) is 5.75 Å². The maximum atomic E-state index is 14.8. The molecule has 3 fully saturated rings. The average Bonchev–Trinajstić information content (AvgIpc) is 2.87. The number of rotatable bonds is 6. The molecule has 6 rings (SSSR count). The normalized spacial score (nSPS) is 19.3. The Labute approximate surface area is 202 Å². The minimum Gasteiger partial charge on any atom is -0.433 e. The van der Waals surface area contributed by atoms with Crippen LogP contribution in [0.1, 0.15) is 12.8 Å². The van der Waals surface area contributed by atoms with Gasteiger partial charge < -0.3 is 19.9 Å². The van der Waals surface area contributed by atoms with E-state index in [2.05, 4.69) is 36.6 Å². The minimum absolute atomic E-state index is 0.0274. The highest BCUT2D eigenvalue weighted by molar-refractivity contribution is 6.32. The molecule has 3 saturated heterocycles. The molecular formula is C22H19ClF3N7O2. The molecule has 2 bridgehead atoms. The summed E-state index contributed by atoms with van der Waals surface area (Å²) in [4.78, 5) is 33.5. The number of aromatic nitrogens is 4. The van der Waals surface area contributed by atoms with Crippen molar-refractivity contribution in [3.63, 3.8) is 0 Å². The van der Waals surface area contributed by atoms with Crippen molar-refractivity contribution in [3.05, 3.63) is 48.2 Å². The van der Waals surface area contributed by atoms with Gasteiger partial charge in [0, 0.05) is 25.2 Å². The smallest absolute Gasteiger partial charge is 0.387 e. The number of nitrogens with one attached hydrogen (secondary N) is 1. The largest absolute Gasteiger partial charge is 0.433 e. The molecule has 0 radical (unpaired) electrons. The Morgan fingerprint density at radius 2 is 2.03 bits per heavy atom. The SMILES string of the molecule is C=CC(=O)N1CC2CC[C@H]1CN2c1ncc2ncnc(Nc3ccc(OC(F)F)c(Cl)c3F)c2n1. The predicted molar refractivity (Wildman–Crippen MR) is 123 cm³/mol. The number of amides is 1. The summed E-state index contributed by atoms with van der Waals surface area (Å²) in [5, 5.41) is 2.21. The second-order valence-corrected chi connectivity index (χ2v) is 8.48. The van der Waals surface area contributed by atoms with Crippen LogP contribution in [0.4, 0.5) is 30.6 Å². The van der Waals surface area contributed by atoms with E-state index in [-0.39, 0.29) is 29.5 Å². The molecule has 3 aromatic rings. The van der Waals surface area contributed by atoms with Gasteiger partial charge >= 0.3 is 6.61 Å². The lowest BCUT2D eigenvalue weighted by molar-refractivity contribution is -0.131. The summed E-state index contributed by atoms with van der Waals surface area (Å²) in [7, 11) is 0. The highest BCUT2D eigenvalue weighted by Gasteiger charge is 2.41. The zero-order valence-corrected chi connectivity index (χ0v) is 18.9. The molecule has 182 valence electrons. The Morgan fingerprint density at radius 3 is 2.74 bits per heavy atom. The standard InChI is InChI=1S/C22H19ClF3N7O2/c1-2-16(34)32-8-12-4-3-11(32)9-33(12)22-27-7-14-19(31-22)20(29-10-28-14)30-13-5-6-15(35-21(25)26)17(23)18(13)24/h2,5-7,10-12,21H,1,3-4,8-9H2,(H,28,29,30)/t11-,12?/m0/s1. The Kier molecular flexibility index (Phi) is 6.05. The van der Waals surface area contributed by atoms with Gasteiger partial charge in [-0.15, -0.1) is 0 Å². The Morgan fingerprint density at radius 1 is 1.23 bits per heavy atom. The highest BCUT2D eigenvalue weighted by Crippen LogP contribution is 2.36. The van der Waals surface area contributed by atoms with E-state index in [4.69, 9.17) is 11.6 Å². The monoisotopic (exact) mass is 505 g/mol. The van der Waals surface area contributed by atoms with Gasteiger partial charge in [-0.2, -0.15) is 8.78 Å². The van der Waals surface area contributed by atoms with Gasteiger partial charge in [-0.05, 0) is 31.1 Å². The van der Waals surface area contributed by atoms with E-state index >= 15 is 0 Å². The number of carbonyl (C=O) groups is 1. The van der Waals surface area contributed by atoms with Gasteiger partial charge in [0.2, 0.25) is 11.9 Å². The molecule has 2 aromatic heterocycles. The zero-order valence-electron chi connectivity index (χ0n) is 18.2. The van der Waals surface area contributed by atoms with Crippen LogP contribution in [0, 0.1) is 5.82 Å². The number of carbonyl (C=O) groups excluding carboxylic acids is 1. The van der Waals surface area contributed by atoms with E-state index < -0.39 is 23.2 Å². The Hall–Kier alpha value is -3.67. The van der Waals surface area contributed by atoms with E-state index in [1.807, 2.05) is 9.80 Å². The molecule has 1 N–H and O–H groups in total. The van der Waals surface area contributed by atoms with Gasteiger partial charge in [0.15, 0.2) is 11.6 Å². The molecule has 9 nitrogen and oxygen atoms in total. The van der Waals surface area contributed by atoms with Gasteiger partial charge in [0.25, 0.3) is 0 Å². The molecule has 5 heterocycles. The molecule has 3 aliphatic heterocycles. The topological polar surface area (TPSA) is 96.4 Å². The fourth-order valence-electron chi connectivity index (χ4n) is 4.48. The van der Waals surface area contributed by atoms with Crippen molar-refractivity contribution >= 4 is 46.0 Å². The van der Waals surface area contributed by atoms with Crippen LogP contribution in [-0.2, 0) is 4.79 Å². The van der Waals surface area contributed by atoms with E-state index in [1.165, 1.54) is 18.5 Å². The molecule has 1 unspecified atom stereocenters. The van der Waals surface area contributed by atoms with E-state index in [0.29, 0.717) is 30.1 Å². The fourth-order valence-corrected chi connectivity index (χ4v) is 4.69. The van der Waals surface area contributed by atoms with Crippen LogP contribution in [0.15, 0.2) is 37.3 Å². The number of hydrogen-bond donors (Lipinski definition) is 1. The molecule has 0 aliphatic carbocycles. The van der Waals surface area contributed by atoms with E-state index in [0.717, 1.165) is 18.9 Å². The summed E-state index contributed by atoms with van der Waals surface area (Å²) in [6, 6.07) is 2.41. The first-order valence-corrected chi connectivity index (χ1v) is 11.1. The molecular weight excluding hydrogens is 487 g/mol. The lowest BCUT2D eigenvalue weighted by Crippen LogP contribution is -2.64. The molecule has 1 aromatic carbocycles. The maximum Gasteiger partial charge on any atom is 0.387 e. The summed E-state index contributed by atoms with van der Waals surface area (Å²) in [5.74, 6) is -0.932. The zero-order chi connectivity index (χ0) is 24.7. The van der Waals surface area contributed by atoms with Crippen molar-refractivity contribution in [2.24, 2.45) is 0 Å². The van der Waals surface area contributed by atoms with Gasteiger partial charge in [-0.25, -0.2) is 24.3 Å². The minimum atomic E-state index is -3.14. The predicted octanol–water partition coefficient (Wildman–Crippen LogP) is 3.92. The lowest BCUT2D eigenvalue weighted by Gasteiger charge is -2.51. The molecule has 35 heavy (non-hydrogen) atoms. The number of alkyl halides is 2. The summed E-state index contributed by atoms with van der Waals surface area (Å²) in [6.45, 7) is 1.56. The number of anilines is 3. The third-order valence-electron chi connectivity index (χ3n) is 6.12. The van der Waals surface area contributed by atoms with Gasteiger partial charge in [-0.1, -0.05) is 18.2 Å². The van der Waals surface area contributed by atoms with E-state index in [9.17, 15) is 18.0 Å². The number of piperazine rings is 1. The maximum absolute atomic E-state index is 14.8. The van der Waals surface area contributed by atoms with Gasteiger partial charge in [0.05, 0.1) is 11.9 Å². The van der Waals surface area contributed by atoms with E-state index in [1.54, 1.807) is 6.20 Å². The van der Waals surface area contributed by atoms with Crippen LogP contribution in [0.3, 0.4) is 0 Å². The number of halogens is 4. The summed E-state index contributed by atoms with van der Waals surface area (Å²) in [6.07, 6.45) is 5.91. The molecule has 2 atom stereocenters. The molecule has 0 spiro atoms. The quantitative estimate of drug-likeness (QED) is 0.504. The fraction of sp³-hybridized carbons (Fsp3) is 0.318. The number of piperidine rings is 2. The number of fused-ring (bicyclic) bond motifs is 4. The number of nitrogens with zero attached hydrogens (tertiary/aromatic N) is 6. The Bertz CT molecular complexity index is 1310. The highest BCUT2D eigenvalue weighted by atomic mass is 35.5. The first-order chi connectivity index (χ1) is 16.9. The first-order valence-electron chi connectivity index (χ1n) is 10.7. The third kappa shape index (κ3) is 4.29. The molecule has 0 saturated carbocycles. The third-order valence-corrected chi connectivity index (χ3v) is 6.48. The van der Waals surface area contributed by atoms with Crippen LogP contribution >= 0.6 is 11.6 Å². The summed E-state index contributed by atoms with van der Waals surface area (Å²) in [5.41, 5.74) is 0.648. The van der Waals surface area contributed by atoms with Crippen molar-refractivity contribution in [2.75, 3.05) is 23.3 Å². The van der Waals surface area contributed by atoms with Crippen molar-refractivity contribution in [1.82, 2.24) is 24.8 Å². The van der Waals surface area contributed by atoms with Crippen LogP contribution in [0.2, 0.25) is 5.02 Å².